The first-order chi connectivity index (χ1) is 7.22. The molecule has 0 radical (unpaired) electrons. The van der Waals surface area contributed by atoms with Gasteiger partial charge in [0.25, 0.3) is 0 Å². The van der Waals surface area contributed by atoms with Gasteiger partial charge in [-0.05, 0) is 32.0 Å². The van der Waals surface area contributed by atoms with Crippen molar-refractivity contribution in [2.75, 3.05) is 13.7 Å². The first-order valence-corrected chi connectivity index (χ1v) is 5.64. The number of ether oxygens (including phenoxy) is 1. The van der Waals surface area contributed by atoms with Crippen molar-refractivity contribution in [1.82, 2.24) is 5.32 Å². The number of nitrogens with one attached hydrogen (secondary N) is 1. The standard InChI is InChI=1S/C13H19NO/c1-9-8-15-12-6-4-5-11(13(9)12)7-10(2)14-3/h4-6,9-10,14H,7-8H2,1-3H3. The van der Waals surface area contributed by atoms with Crippen LogP contribution < -0.4 is 10.1 Å². The average molecular weight is 205 g/mol. The predicted octanol–water partition coefficient (Wildman–Crippen LogP) is 2.33. The fourth-order valence-electron chi connectivity index (χ4n) is 2.18. The van der Waals surface area contributed by atoms with Crippen molar-refractivity contribution in [3.05, 3.63) is 29.3 Å². The van der Waals surface area contributed by atoms with E-state index in [1.165, 1.54) is 11.1 Å². The van der Waals surface area contributed by atoms with Crippen LogP contribution in [-0.2, 0) is 6.42 Å². The van der Waals surface area contributed by atoms with Crippen LogP contribution in [0.25, 0.3) is 0 Å². The summed E-state index contributed by atoms with van der Waals surface area (Å²) in [7, 11) is 2.01. The van der Waals surface area contributed by atoms with Gasteiger partial charge in [-0.25, -0.2) is 0 Å². The summed E-state index contributed by atoms with van der Waals surface area (Å²) < 4.78 is 5.65. The lowest BCUT2D eigenvalue weighted by Crippen LogP contribution is -2.24. The Labute approximate surface area is 91.6 Å². The number of likely N-dealkylation sites (N-methyl/N-ethyl adjacent to an activating group) is 1. The van der Waals surface area contributed by atoms with Crippen molar-refractivity contribution in [2.24, 2.45) is 0 Å². The van der Waals surface area contributed by atoms with Crippen LogP contribution in [0.2, 0.25) is 0 Å². The third-order valence-corrected chi connectivity index (χ3v) is 3.16. The zero-order valence-corrected chi connectivity index (χ0v) is 9.71. The summed E-state index contributed by atoms with van der Waals surface area (Å²) in [5.74, 6) is 1.63. The Morgan fingerprint density at radius 2 is 2.33 bits per heavy atom. The zero-order valence-electron chi connectivity index (χ0n) is 9.71. The van der Waals surface area contributed by atoms with E-state index in [2.05, 4.69) is 37.4 Å². The number of benzene rings is 1. The van der Waals surface area contributed by atoms with Crippen LogP contribution in [0, 0.1) is 0 Å². The molecule has 2 unspecified atom stereocenters. The average Bonchev–Trinajstić information content (AvgIpc) is 2.61. The molecule has 1 aromatic carbocycles. The maximum Gasteiger partial charge on any atom is 0.123 e. The predicted molar refractivity (Wildman–Crippen MR) is 62.6 cm³/mol. The summed E-state index contributed by atoms with van der Waals surface area (Å²) in [5, 5.41) is 3.28. The molecule has 0 aliphatic carbocycles. The smallest absolute Gasteiger partial charge is 0.123 e. The van der Waals surface area contributed by atoms with Crippen molar-refractivity contribution >= 4 is 0 Å². The van der Waals surface area contributed by atoms with Gasteiger partial charge in [-0.3, -0.25) is 0 Å². The molecular formula is C13H19NO. The van der Waals surface area contributed by atoms with Gasteiger partial charge in [-0.15, -0.1) is 0 Å². The molecular weight excluding hydrogens is 186 g/mol. The summed E-state index contributed by atoms with van der Waals surface area (Å²) in [5.41, 5.74) is 2.85. The quantitative estimate of drug-likeness (QED) is 0.817. The van der Waals surface area contributed by atoms with E-state index in [1.807, 2.05) is 7.05 Å². The van der Waals surface area contributed by atoms with Crippen LogP contribution in [0.3, 0.4) is 0 Å². The monoisotopic (exact) mass is 205 g/mol. The minimum Gasteiger partial charge on any atom is -0.493 e. The van der Waals surface area contributed by atoms with Crippen LogP contribution >= 0.6 is 0 Å². The lowest BCUT2D eigenvalue weighted by atomic mass is 9.93. The first kappa shape index (κ1) is 10.5. The number of hydrogen-bond acceptors (Lipinski definition) is 2. The summed E-state index contributed by atoms with van der Waals surface area (Å²) in [4.78, 5) is 0. The second-order valence-corrected chi connectivity index (χ2v) is 4.43. The summed E-state index contributed by atoms with van der Waals surface area (Å²) in [6.07, 6.45) is 1.08. The Kier molecular flexibility index (Phi) is 2.96. The van der Waals surface area contributed by atoms with Gasteiger partial charge in [0.15, 0.2) is 0 Å². The van der Waals surface area contributed by atoms with E-state index in [9.17, 15) is 0 Å². The number of hydrogen-bond donors (Lipinski definition) is 1. The van der Waals surface area contributed by atoms with Crippen LogP contribution in [0.15, 0.2) is 18.2 Å². The first-order valence-electron chi connectivity index (χ1n) is 5.64. The van der Waals surface area contributed by atoms with E-state index in [1.54, 1.807) is 0 Å². The highest BCUT2D eigenvalue weighted by molar-refractivity contribution is 5.45. The Morgan fingerprint density at radius 1 is 1.53 bits per heavy atom. The zero-order chi connectivity index (χ0) is 10.8. The van der Waals surface area contributed by atoms with Gasteiger partial charge in [-0.2, -0.15) is 0 Å². The SMILES string of the molecule is CNC(C)Cc1cccc2c1C(C)CO2. The van der Waals surface area contributed by atoms with Crippen molar-refractivity contribution in [3.63, 3.8) is 0 Å². The molecule has 2 atom stereocenters. The van der Waals surface area contributed by atoms with Gasteiger partial charge in [0.05, 0.1) is 6.61 Å². The van der Waals surface area contributed by atoms with Crippen molar-refractivity contribution in [1.29, 1.82) is 0 Å². The van der Waals surface area contributed by atoms with Crippen LogP contribution in [0.5, 0.6) is 5.75 Å². The molecule has 1 aromatic rings. The van der Waals surface area contributed by atoms with Gasteiger partial charge >= 0.3 is 0 Å². The van der Waals surface area contributed by atoms with Crippen LogP contribution in [0.1, 0.15) is 30.9 Å². The molecule has 1 N–H and O–H groups in total. The molecule has 0 aromatic heterocycles. The third kappa shape index (κ3) is 2.00. The fourth-order valence-corrected chi connectivity index (χ4v) is 2.18. The van der Waals surface area contributed by atoms with Crippen LogP contribution in [0.4, 0.5) is 0 Å². The second kappa shape index (κ2) is 4.23. The fraction of sp³-hybridized carbons (Fsp3) is 0.538. The van der Waals surface area contributed by atoms with E-state index >= 15 is 0 Å². The molecule has 1 aliphatic rings. The molecule has 2 nitrogen and oxygen atoms in total. The minimum absolute atomic E-state index is 0.518. The summed E-state index contributed by atoms with van der Waals surface area (Å²) in [6, 6.07) is 6.91. The topological polar surface area (TPSA) is 21.3 Å². The molecule has 0 amide bonds. The van der Waals surface area contributed by atoms with Gasteiger partial charge in [0, 0.05) is 17.5 Å². The number of fused-ring (bicyclic) bond motifs is 1. The maximum absolute atomic E-state index is 5.65. The highest BCUT2D eigenvalue weighted by Gasteiger charge is 2.23. The summed E-state index contributed by atoms with van der Waals surface area (Å²) >= 11 is 0. The highest BCUT2D eigenvalue weighted by Crippen LogP contribution is 2.36. The Bertz CT molecular complexity index is 348. The Balaban J connectivity index is 2.28. The molecule has 1 aliphatic heterocycles. The summed E-state index contributed by atoms with van der Waals surface area (Å²) in [6.45, 7) is 5.28. The molecule has 0 bridgehead atoms. The highest BCUT2D eigenvalue weighted by atomic mass is 16.5. The van der Waals surface area contributed by atoms with Gasteiger partial charge < -0.3 is 10.1 Å². The molecule has 0 spiro atoms. The molecule has 1 heterocycles. The second-order valence-electron chi connectivity index (χ2n) is 4.43. The molecule has 0 saturated carbocycles. The third-order valence-electron chi connectivity index (χ3n) is 3.16. The molecule has 2 rings (SSSR count). The van der Waals surface area contributed by atoms with E-state index in [0.29, 0.717) is 12.0 Å². The van der Waals surface area contributed by atoms with Crippen molar-refractivity contribution in [3.8, 4) is 5.75 Å². The van der Waals surface area contributed by atoms with E-state index < -0.39 is 0 Å². The maximum atomic E-state index is 5.65. The van der Waals surface area contributed by atoms with Gasteiger partial charge in [0.1, 0.15) is 5.75 Å². The van der Waals surface area contributed by atoms with E-state index in [-0.39, 0.29) is 0 Å². The normalized spacial score (nSPS) is 20.9. The van der Waals surface area contributed by atoms with Gasteiger partial charge in [-0.1, -0.05) is 19.1 Å². The van der Waals surface area contributed by atoms with Crippen molar-refractivity contribution < 1.29 is 4.74 Å². The molecule has 0 fully saturated rings. The molecule has 15 heavy (non-hydrogen) atoms. The Hall–Kier alpha value is -1.02. The minimum atomic E-state index is 0.518. The largest absolute Gasteiger partial charge is 0.493 e. The lowest BCUT2D eigenvalue weighted by molar-refractivity contribution is 0.337. The molecule has 0 saturated heterocycles. The molecule has 82 valence electrons. The van der Waals surface area contributed by atoms with Gasteiger partial charge in [0.2, 0.25) is 0 Å². The van der Waals surface area contributed by atoms with Crippen molar-refractivity contribution in [2.45, 2.75) is 32.2 Å². The number of rotatable bonds is 3. The van der Waals surface area contributed by atoms with Crippen LogP contribution in [-0.4, -0.2) is 19.7 Å². The lowest BCUT2D eigenvalue weighted by Gasteiger charge is -2.14. The Morgan fingerprint density at radius 3 is 3.07 bits per heavy atom. The van der Waals surface area contributed by atoms with E-state index in [4.69, 9.17) is 4.74 Å². The van der Waals surface area contributed by atoms with E-state index in [0.717, 1.165) is 18.8 Å². The molecule has 2 heteroatoms.